The number of alkyl carbamates (subject to hydrolysis) is 1. The molecule has 5 amide bonds. The van der Waals surface area contributed by atoms with Crippen LogP contribution in [0.3, 0.4) is 0 Å². The summed E-state index contributed by atoms with van der Waals surface area (Å²) in [6.45, 7) is 3.75. The lowest BCUT2D eigenvalue weighted by atomic mass is 10.0. The number of aromatic nitrogens is 3. The molecule has 15 nitrogen and oxygen atoms in total. The number of carbonyl (C=O) groups excluding carboxylic acids is 4. The first-order valence-electron chi connectivity index (χ1n) is 21.1. The molecule has 2 saturated heterocycles. The van der Waals surface area contributed by atoms with E-state index in [0.717, 1.165) is 58.9 Å². The third-order valence-electron chi connectivity index (χ3n) is 11.9. The number of H-pyrrole nitrogens is 1. The molecular formula is C47H50N8O7. The van der Waals surface area contributed by atoms with E-state index in [2.05, 4.69) is 44.6 Å². The van der Waals surface area contributed by atoms with Gasteiger partial charge in [-0.25, -0.2) is 14.6 Å². The van der Waals surface area contributed by atoms with Gasteiger partial charge in [-0.3, -0.25) is 14.4 Å². The van der Waals surface area contributed by atoms with Gasteiger partial charge in [0.25, 0.3) is 11.8 Å². The van der Waals surface area contributed by atoms with Crippen molar-refractivity contribution in [2.75, 3.05) is 25.5 Å². The van der Waals surface area contributed by atoms with Crippen molar-refractivity contribution in [2.45, 2.75) is 76.2 Å². The molecule has 0 saturated carbocycles. The van der Waals surface area contributed by atoms with Crippen molar-refractivity contribution < 1.29 is 33.8 Å². The smallest absolute Gasteiger partial charge is 0.407 e. The maximum atomic E-state index is 14.1. The van der Waals surface area contributed by atoms with E-state index < -0.39 is 36.2 Å². The highest BCUT2D eigenvalue weighted by molar-refractivity contribution is 6.10. The number of hydrogen-bond donors (Lipinski definition) is 5. The highest BCUT2D eigenvalue weighted by Crippen LogP contribution is 2.37. The SMILES string of the molecule is CCCCn1c2cc(NC(=O)C3CCCN3C(=O)[C@H](NC(=O)O)c3ccccc3)ccc2c2ccc(-c3c[nH]c(C4CCCN4C(=O)C(NC(=O)OC)c4ccccc4)n3)cc21. The zero-order valence-electron chi connectivity index (χ0n) is 34.7. The molecule has 2 fully saturated rings. The summed E-state index contributed by atoms with van der Waals surface area (Å²) in [5.74, 6) is -0.370. The summed E-state index contributed by atoms with van der Waals surface area (Å²) in [6, 6.07) is 26.8. The van der Waals surface area contributed by atoms with Gasteiger partial charge in [0.1, 0.15) is 23.9 Å². The maximum Gasteiger partial charge on any atom is 0.407 e. The van der Waals surface area contributed by atoms with Crippen LogP contribution in [0, 0.1) is 0 Å². The Labute approximate surface area is 358 Å². The molecule has 2 aliphatic rings. The molecule has 0 radical (unpaired) electrons. The Balaban J connectivity index is 1.04. The molecule has 0 spiro atoms. The number of hydrogen-bond acceptors (Lipinski definition) is 7. The van der Waals surface area contributed by atoms with Crippen LogP contribution in [0.2, 0.25) is 0 Å². The van der Waals surface area contributed by atoms with Crippen LogP contribution in [0.4, 0.5) is 15.3 Å². The number of nitrogens with one attached hydrogen (secondary N) is 4. The van der Waals surface area contributed by atoms with Gasteiger partial charge in [-0.15, -0.1) is 0 Å². The molecule has 8 rings (SSSR count). The summed E-state index contributed by atoms with van der Waals surface area (Å²) < 4.78 is 7.12. The fraction of sp³-hybridized carbons (Fsp3) is 0.319. The third kappa shape index (κ3) is 8.42. The van der Waals surface area contributed by atoms with E-state index >= 15 is 0 Å². The number of carboxylic acid groups (broad SMARTS) is 1. The molecule has 62 heavy (non-hydrogen) atoms. The summed E-state index contributed by atoms with van der Waals surface area (Å²) in [7, 11) is 1.27. The van der Waals surface area contributed by atoms with Gasteiger partial charge in [-0.2, -0.15) is 0 Å². The first-order chi connectivity index (χ1) is 30.1. The second-order valence-electron chi connectivity index (χ2n) is 15.8. The molecule has 0 aliphatic carbocycles. The van der Waals surface area contributed by atoms with Crippen LogP contribution in [-0.4, -0.2) is 85.6 Å². The lowest BCUT2D eigenvalue weighted by molar-refractivity contribution is -0.138. The Bertz CT molecular complexity index is 2610. The van der Waals surface area contributed by atoms with Crippen molar-refractivity contribution in [3.63, 3.8) is 0 Å². The van der Waals surface area contributed by atoms with Crippen molar-refractivity contribution in [1.82, 2.24) is 35.0 Å². The fourth-order valence-electron chi connectivity index (χ4n) is 8.89. The van der Waals surface area contributed by atoms with Gasteiger partial charge in [0, 0.05) is 53.4 Å². The number of aromatic amines is 1. The van der Waals surface area contributed by atoms with Crippen LogP contribution >= 0.6 is 0 Å². The zero-order chi connectivity index (χ0) is 43.3. The average Bonchev–Trinajstić information content (AvgIpc) is 4.13. The Morgan fingerprint density at radius 3 is 2.11 bits per heavy atom. The molecular weight excluding hydrogens is 789 g/mol. The molecule has 2 aromatic heterocycles. The first kappa shape index (κ1) is 41.6. The standard InChI is InChI=1S/C47H50N8O7/c1-3-4-23-53-38-26-31(35-28-48-42(50-35)36-17-11-24-54(36)45(58)41(52-47(61)62-2)30-15-9-6-10-16-30)19-21-33(38)34-22-20-32(27-39(34)53)49-43(56)37-18-12-25-55(37)44(57)40(51-46(59)60)29-13-7-5-8-14-29/h5-10,13-16,19-22,26-28,36-37,40-41,51H,3-4,11-12,17-18,23-25H2,1-2H3,(H,48,50)(H,49,56)(H,52,61)(H,59,60)/t36?,37?,40-,41?/m1/s1. The van der Waals surface area contributed by atoms with Gasteiger partial charge in [-0.05, 0) is 61.4 Å². The minimum absolute atomic E-state index is 0.238. The minimum atomic E-state index is -1.32. The van der Waals surface area contributed by atoms with Crippen LogP contribution < -0.4 is 16.0 Å². The van der Waals surface area contributed by atoms with Gasteiger partial charge in [0.2, 0.25) is 5.91 Å². The second kappa shape index (κ2) is 18.2. The summed E-state index contributed by atoms with van der Waals surface area (Å²) >= 11 is 0. The van der Waals surface area contributed by atoms with Gasteiger partial charge in [0.05, 0.1) is 24.4 Å². The van der Waals surface area contributed by atoms with Crippen molar-refractivity contribution in [3.05, 3.63) is 120 Å². The molecule has 6 aromatic rings. The Morgan fingerprint density at radius 1 is 0.806 bits per heavy atom. The predicted octanol–water partition coefficient (Wildman–Crippen LogP) is 7.68. The summed E-state index contributed by atoms with van der Waals surface area (Å²) in [5, 5.41) is 19.7. The van der Waals surface area contributed by atoms with E-state index in [4.69, 9.17) is 9.72 Å². The number of benzene rings is 4. The van der Waals surface area contributed by atoms with Crippen molar-refractivity contribution in [1.29, 1.82) is 0 Å². The zero-order valence-corrected chi connectivity index (χ0v) is 34.7. The van der Waals surface area contributed by atoms with E-state index in [1.54, 1.807) is 35.2 Å². The topological polar surface area (TPSA) is 191 Å². The number of amides is 5. The van der Waals surface area contributed by atoms with Crippen molar-refractivity contribution in [2.24, 2.45) is 0 Å². The maximum absolute atomic E-state index is 14.1. The van der Waals surface area contributed by atoms with Crippen molar-refractivity contribution >= 4 is 57.4 Å². The molecule has 5 N–H and O–H groups in total. The first-order valence-corrected chi connectivity index (χ1v) is 21.1. The lowest BCUT2D eigenvalue weighted by Gasteiger charge is -2.28. The molecule has 3 unspecified atom stereocenters. The molecule has 2 aliphatic heterocycles. The van der Waals surface area contributed by atoms with E-state index in [1.165, 1.54) is 12.0 Å². The Kier molecular flexibility index (Phi) is 12.2. The number of nitrogens with zero attached hydrogens (tertiary/aromatic N) is 4. The highest BCUT2D eigenvalue weighted by Gasteiger charge is 2.39. The molecule has 4 atom stereocenters. The summed E-state index contributed by atoms with van der Waals surface area (Å²) in [4.78, 5) is 77.4. The Morgan fingerprint density at radius 2 is 1.44 bits per heavy atom. The number of carbonyl (C=O) groups is 5. The summed E-state index contributed by atoms with van der Waals surface area (Å²) in [5.41, 5.74) is 5.36. The van der Waals surface area contributed by atoms with Crippen LogP contribution in [0.5, 0.6) is 0 Å². The number of anilines is 1. The van der Waals surface area contributed by atoms with Crippen LogP contribution in [0.15, 0.2) is 103 Å². The third-order valence-corrected chi connectivity index (χ3v) is 11.9. The molecule has 4 heterocycles. The predicted molar refractivity (Wildman–Crippen MR) is 234 cm³/mol. The number of ether oxygens (including phenoxy) is 1. The lowest BCUT2D eigenvalue weighted by Crippen LogP contribution is -2.48. The van der Waals surface area contributed by atoms with Gasteiger partial charge in [-0.1, -0.05) is 92.2 Å². The number of aryl methyl sites for hydroxylation is 1. The number of imidazole rings is 1. The Hall–Kier alpha value is -7.16. The monoisotopic (exact) mass is 838 g/mol. The minimum Gasteiger partial charge on any atom is -0.465 e. The van der Waals surface area contributed by atoms with Crippen LogP contribution in [-0.2, 0) is 25.7 Å². The van der Waals surface area contributed by atoms with E-state index in [0.29, 0.717) is 55.0 Å². The quantitative estimate of drug-likeness (QED) is 0.0782. The van der Waals surface area contributed by atoms with E-state index in [-0.39, 0.29) is 17.9 Å². The normalized spacial score (nSPS) is 17.2. The van der Waals surface area contributed by atoms with E-state index in [9.17, 15) is 29.1 Å². The largest absolute Gasteiger partial charge is 0.465 e. The van der Waals surface area contributed by atoms with Crippen LogP contribution in [0.1, 0.15) is 80.5 Å². The molecule has 0 bridgehead atoms. The number of methoxy groups -OCH3 is 1. The molecule has 4 aromatic carbocycles. The number of unbranched alkanes of at least 4 members (excludes halogenated alkanes) is 1. The number of rotatable bonds is 13. The van der Waals surface area contributed by atoms with E-state index in [1.807, 2.05) is 60.8 Å². The molecule has 15 heteroatoms. The fourth-order valence-corrected chi connectivity index (χ4v) is 8.89. The van der Waals surface area contributed by atoms with Crippen molar-refractivity contribution in [3.8, 4) is 11.3 Å². The number of likely N-dealkylation sites (tertiary alicyclic amines) is 2. The van der Waals surface area contributed by atoms with Crippen LogP contribution in [0.25, 0.3) is 33.1 Å². The number of fused-ring (bicyclic) bond motifs is 3. The van der Waals surface area contributed by atoms with Gasteiger partial charge >= 0.3 is 12.2 Å². The molecule has 320 valence electrons. The van der Waals surface area contributed by atoms with Gasteiger partial charge < -0.3 is 45.1 Å². The van der Waals surface area contributed by atoms with Gasteiger partial charge in [0.15, 0.2) is 0 Å². The summed E-state index contributed by atoms with van der Waals surface area (Å²) in [6.07, 6.45) is 4.33. The average molecular weight is 839 g/mol. The second-order valence-corrected chi connectivity index (χ2v) is 15.8. The highest BCUT2D eigenvalue weighted by atomic mass is 16.5.